The molecule has 2 amide bonds. The Morgan fingerprint density at radius 1 is 1.30 bits per heavy atom. The molecule has 0 spiro atoms. The number of hydrazine groups is 1. The molecule has 23 heavy (non-hydrogen) atoms. The normalized spacial score (nSPS) is 22.1. The number of halogens is 1. The van der Waals surface area contributed by atoms with Gasteiger partial charge < -0.3 is 11.1 Å². The van der Waals surface area contributed by atoms with Gasteiger partial charge >= 0.3 is 0 Å². The van der Waals surface area contributed by atoms with E-state index in [9.17, 15) is 14.0 Å². The second-order valence-corrected chi connectivity index (χ2v) is 6.27. The highest BCUT2D eigenvalue weighted by Crippen LogP contribution is 2.22. The molecule has 1 fully saturated rings. The van der Waals surface area contributed by atoms with E-state index in [0.29, 0.717) is 12.8 Å². The predicted molar refractivity (Wildman–Crippen MR) is 84.4 cm³/mol. The van der Waals surface area contributed by atoms with Crippen LogP contribution in [0.25, 0.3) is 0 Å². The molecule has 0 aromatic heterocycles. The molecular formula is C16H23FN4O2. The highest BCUT2D eigenvalue weighted by molar-refractivity contribution is 5.89. The molecule has 5 N–H and O–H groups in total. The first-order chi connectivity index (χ1) is 10.9. The SMILES string of the molecule is CC(C)C[C@H](NC(=O)C1CC(c2ccc(F)cc2)NN1)C(N)=O. The van der Waals surface area contributed by atoms with Gasteiger partial charge in [-0.1, -0.05) is 26.0 Å². The third-order valence-electron chi connectivity index (χ3n) is 3.86. The van der Waals surface area contributed by atoms with Crippen molar-refractivity contribution < 1.29 is 14.0 Å². The molecule has 1 aromatic carbocycles. The molecule has 0 radical (unpaired) electrons. The first kappa shape index (κ1) is 17.4. The van der Waals surface area contributed by atoms with Crippen LogP contribution < -0.4 is 21.9 Å². The van der Waals surface area contributed by atoms with Crippen LogP contribution in [0.2, 0.25) is 0 Å². The molecule has 1 aliphatic rings. The maximum absolute atomic E-state index is 13.0. The molecule has 1 aromatic rings. The van der Waals surface area contributed by atoms with Gasteiger partial charge in [-0.05, 0) is 36.5 Å². The summed E-state index contributed by atoms with van der Waals surface area (Å²) in [5.74, 6) is -0.860. The van der Waals surface area contributed by atoms with Gasteiger partial charge in [-0.2, -0.15) is 0 Å². The Kier molecular flexibility index (Phi) is 5.68. The molecule has 1 aliphatic heterocycles. The topological polar surface area (TPSA) is 96.2 Å². The van der Waals surface area contributed by atoms with E-state index in [4.69, 9.17) is 5.73 Å². The van der Waals surface area contributed by atoms with E-state index in [-0.39, 0.29) is 23.7 Å². The Bertz CT molecular complexity index is 562. The Morgan fingerprint density at radius 3 is 2.52 bits per heavy atom. The van der Waals surface area contributed by atoms with Crippen molar-refractivity contribution in [3.8, 4) is 0 Å². The zero-order valence-corrected chi connectivity index (χ0v) is 13.3. The van der Waals surface area contributed by atoms with Crippen molar-refractivity contribution in [2.24, 2.45) is 11.7 Å². The number of benzene rings is 1. The van der Waals surface area contributed by atoms with Gasteiger partial charge in [0.25, 0.3) is 0 Å². The van der Waals surface area contributed by atoms with Crippen LogP contribution in [0.5, 0.6) is 0 Å². The first-order valence-electron chi connectivity index (χ1n) is 7.73. The lowest BCUT2D eigenvalue weighted by Gasteiger charge is -2.19. The lowest BCUT2D eigenvalue weighted by atomic mass is 10.0. The number of amides is 2. The number of nitrogens with one attached hydrogen (secondary N) is 3. The van der Waals surface area contributed by atoms with Crippen LogP contribution in [0.1, 0.15) is 38.3 Å². The number of hydrogen-bond acceptors (Lipinski definition) is 4. The lowest BCUT2D eigenvalue weighted by Crippen LogP contribution is -2.51. The van der Waals surface area contributed by atoms with E-state index in [1.54, 1.807) is 12.1 Å². The molecule has 1 saturated heterocycles. The smallest absolute Gasteiger partial charge is 0.240 e. The number of nitrogens with two attached hydrogens (primary N) is 1. The van der Waals surface area contributed by atoms with Crippen molar-refractivity contribution >= 4 is 11.8 Å². The first-order valence-corrected chi connectivity index (χ1v) is 7.73. The van der Waals surface area contributed by atoms with Crippen LogP contribution in [-0.4, -0.2) is 23.9 Å². The van der Waals surface area contributed by atoms with Gasteiger partial charge in [-0.15, -0.1) is 0 Å². The van der Waals surface area contributed by atoms with Gasteiger partial charge in [-0.25, -0.2) is 15.2 Å². The Hall–Kier alpha value is -1.99. The molecule has 6 nitrogen and oxygen atoms in total. The zero-order chi connectivity index (χ0) is 17.0. The molecule has 2 rings (SSSR count). The molecule has 2 unspecified atom stereocenters. The summed E-state index contributed by atoms with van der Waals surface area (Å²) >= 11 is 0. The summed E-state index contributed by atoms with van der Waals surface area (Å²) in [6, 6.07) is 4.89. The highest BCUT2D eigenvalue weighted by atomic mass is 19.1. The Morgan fingerprint density at radius 2 is 1.96 bits per heavy atom. The van der Waals surface area contributed by atoms with Crippen LogP contribution in [0.15, 0.2) is 24.3 Å². The summed E-state index contributed by atoms with van der Waals surface area (Å²) in [4.78, 5) is 23.7. The van der Waals surface area contributed by atoms with E-state index < -0.39 is 18.0 Å². The third-order valence-corrected chi connectivity index (χ3v) is 3.86. The summed E-state index contributed by atoms with van der Waals surface area (Å²) in [6.07, 6.45) is 1.01. The second-order valence-electron chi connectivity index (χ2n) is 6.27. The molecule has 126 valence electrons. The van der Waals surface area contributed by atoms with Crippen LogP contribution in [0.4, 0.5) is 4.39 Å². The molecular weight excluding hydrogens is 299 g/mol. The third kappa shape index (κ3) is 4.74. The largest absolute Gasteiger partial charge is 0.368 e. The maximum Gasteiger partial charge on any atom is 0.240 e. The minimum Gasteiger partial charge on any atom is -0.368 e. The highest BCUT2D eigenvalue weighted by Gasteiger charge is 2.32. The lowest BCUT2D eigenvalue weighted by molar-refractivity contribution is -0.128. The zero-order valence-electron chi connectivity index (χ0n) is 13.3. The molecule has 7 heteroatoms. The Labute approximate surface area is 135 Å². The maximum atomic E-state index is 13.0. The van der Waals surface area contributed by atoms with Gasteiger partial charge in [0.1, 0.15) is 17.9 Å². The summed E-state index contributed by atoms with van der Waals surface area (Å²) in [5.41, 5.74) is 12.2. The average Bonchev–Trinajstić information content (AvgIpc) is 2.96. The fourth-order valence-corrected chi connectivity index (χ4v) is 2.63. The van der Waals surface area contributed by atoms with Gasteiger partial charge in [0.15, 0.2) is 0 Å². The predicted octanol–water partition coefficient (Wildman–Crippen LogP) is 0.750. The summed E-state index contributed by atoms with van der Waals surface area (Å²) < 4.78 is 13.0. The Balaban J connectivity index is 1.93. The summed E-state index contributed by atoms with van der Waals surface area (Å²) in [5, 5.41) is 2.69. The molecule has 0 aliphatic carbocycles. The number of hydrogen-bond donors (Lipinski definition) is 4. The summed E-state index contributed by atoms with van der Waals surface area (Å²) in [7, 11) is 0. The monoisotopic (exact) mass is 322 g/mol. The van der Waals surface area contributed by atoms with Gasteiger partial charge in [-0.3, -0.25) is 9.59 Å². The van der Waals surface area contributed by atoms with Crippen LogP contribution in [0.3, 0.4) is 0 Å². The van der Waals surface area contributed by atoms with Gasteiger partial charge in [0.2, 0.25) is 11.8 Å². The minimum atomic E-state index is -0.672. The van der Waals surface area contributed by atoms with Crippen molar-refractivity contribution in [1.82, 2.24) is 16.2 Å². The fraction of sp³-hybridized carbons (Fsp3) is 0.500. The van der Waals surface area contributed by atoms with Crippen molar-refractivity contribution in [3.63, 3.8) is 0 Å². The van der Waals surface area contributed by atoms with Gasteiger partial charge in [0.05, 0.1) is 0 Å². The summed E-state index contributed by atoms with van der Waals surface area (Å²) in [6.45, 7) is 3.92. The van der Waals surface area contributed by atoms with Crippen LogP contribution in [0, 0.1) is 11.7 Å². The van der Waals surface area contributed by atoms with E-state index in [1.165, 1.54) is 12.1 Å². The van der Waals surface area contributed by atoms with Crippen molar-refractivity contribution in [2.75, 3.05) is 0 Å². The number of rotatable bonds is 6. The van der Waals surface area contributed by atoms with Crippen molar-refractivity contribution in [3.05, 3.63) is 35.6 Å². The van der Waals surface area contributed by atoms with Crippen LogP contribution in [-0.2, 0) is 9.59 Å². The molecule has 0 saturated carbocycles. The van der Waals surface area contributed by atoms with E-state index in [2.05, 4.69) is 16.2 Å². The molecule has 0 bridgehead atoms. The van der Waals surface area contributed by atoms with Crippen LogP contribution >= 0.6 is 0 Å². The van der Waals surface area contributed by atoms with E-state index in [1.807, 2.05) is 13.8 Å². The number of carbonyl (C=O) groups excluding carboxylic acids is 2. The average molecular weight is 322 g/mol. The van der Waals surface area contributed by atoms with Gasteiger partial charge in [0, 0.05) is 6.04 Å². The fourth-order valence-electron chi connectivity index (χ4n) is 2.63. The number of primary amides is 1. The minimum absolute atomic E-state index is 0.0940. The molecule has 1 heterocycles. The van der Waals surface area contributed by atoms with Crippen molar-refractivity contribution in [1.29, 1.82) is 0 Å². The molecule has 3 atom stereocenters. The van der Waals surface area contributed by atoms with E-state index >= 15 is 0 Å². The van der Waals surface area contributed by atoms with E-state index in [0.717, 1.165) is 5.56 Å². The van der Waals surface area contributed by atoms with Crippen molar-refractivity contribution in [2.45, 2.75) is 44.8 Å². The standard InChI is InChI=1S/C16H23FN4O2/c1-9(2)7-13(15(18)22)19-16(23)14-8-12(20-21-14)10-3-5-11(17)6-4-10/h3-6,9,12-14,20-21H,7-8H2,1-2H3,(H2,18,22)(H,19,23)/t12?,13-,14?/m0/s1. The second kappa shape index (κ2) is 7.52. The number of carbonyl (C=O) groups is 2. The quantitative estimate of drug-likeness (QED) is 0.621.